The molecule has 0 amide bonds. The van der Waals surface area contributed by atoms with E-state index in [4.69, 9.17) is 0 Å². The predicted molar refractivity (Wildman–Crippen MR) is 72.0 cm³/mol. The molecule has 2 rings (SSSR count). The summed E-state index contributed by atoms with van der Waals surface area (Å²) in [7, 11) is 0. The standard InChI is InChI=1S/C15H18F2N2/c1-10(2)14-9-11(3)18-19(14)13-7-5-12(6-8-13)15(4,16)17/h5-10H,1-4H3. The molecule has 4 heteroatoms. The zero-order valence-electron chi connectivity index (χ0n) is 11.6. The van der Waals surface area contributed by atoms with Gasteiger partial charge in [-0.15, -0.1) is 0 Å². The molecule has 0 spiro atoms. The first-order chi connectivity index (χ1) is 8.79. The lowest BCUT2D eigenvalue weighted by atomic mass is 10.1. The predicted octanol–water partition coefficient (Wildman–Crippen LogP) is 4.42. The number of aromatic nitrogens is 2. The van der Waals surface area contributed by atoms with Gasteiger partial charge in [0.1, 0.15) is 0 Å². The molecule has 1 aromatic carbocycles. The number of aryl methyl sites for hydroxylation is 1. The summed E-state index contributed by atoms with van der Waals surface area (Å²) in [5, 5.41) is 4.42. The minimum absolute atomic E-state index is 0.0197. The fraction of sp³-hybridized carbons (Fsp3) is 0.400. The SMILES string of the molecule is Cc1cc(C(C)C)n(-c2ccc(C(C)(F)F)cc2)n1. The van der Waals surface area contributed by atoms with E-state index in [1.54, 1.807) is 12.1 Å². The van der Waals surface area contributed by atoms with E-state index in [1.165, 1.54) is 12.1 Å². The lowest BCUT2D eigenvalue weighted by Crippen LogP contribution is -2.08. The molecule has 19 heavy (non-hydrogen) atoms. The van der Waals surface area contributed by atoms with E-state index in [-0.39, 0.29) is 5.56 Å². The van der Waals surface area contributed by atoms with Crippen molar-refractivity contribution in [1.82, 2.24) is 9.78 Å². The normalized spacial score (nSPS) is 12.2. The molecule has 0 bridgehead atoms. The number of hydrogen-bond donors (Lipinski definition) is 0. The molecule has 0 aliphatic heterocycles. The molecule has 0 saturated carbocycles. The van der Waals surface area contributed by atoms with Crippen molar-refractivity contribution in [3.63, 3.8) is 0 Å². The Morgan fingerprint density at radius 2 is 1.74 bits per heavy atom. The van der Waals surface area contributed by atoms with Crippen LogP contribution in [0.1, 0.15) is 43.6 Å². The Morgan fingerprint density at radius 1 is 1.16 bits per heavy atom. The Kier molecular flexibility index (Phi) is 3.43. The van der Waals surface area contributed by atoms with Gasteiger partial charge in [0.15, 0.2) is 0 Å². The minimum atomic E-state index is -2.81. The maximum Gasteiger partial charge on any atom is 0.270 e. The first-order valence-corrected chi connectivity index (χ1v) is 6.34. The van der Waals surface area contributed by atoms with E-state index in [9.17, 15) is 8.78 Å². The van der Waals surface area contributed by atoms with E-state index in [0.29, 0.717) is 5.92 Å². The number of hydrogen-bond acceptors (Lipinski definition) is 1. The van der Waals surface area contributed by atoms with Crippen molar-refractivity contribution in [2.24, 2.45) is 0 Å². The molecule has 1 heterocycles. The summed E-state index contributed by atoms with van der Waals surface area (Å²) in [6, 6.07) is 8.30. The lowest BCUT2D eigenvalue weighted by molar-refractivity contribution is 0.0175. The van der Waals surface area contributed by atoms with Crippen LogP contribution in [-0.2, 0) is 5.92 Å². The second kappa shape index (κ2) is 4.76. The fourth-order valence-electron chi connectivity index (χ4n) is 2.03. The highest BCUT2D eigenvalue weighted by Crippen LogP contribution is 2.28. The molecular weight excluding hydrogens is 246 g/mol. The zero-order chi connectivity index (χ0) is 14.2. The Hall–Kier alpha value is -1.71. The van der Waals surface area contributed by atoms with Crippen molar-refractivity contribution in [1.29, 1.82) is 0 Å². The van der Waals surface area contributed by atoms with Gasteiger partial charge in [-0.05, 0) is 31.0 Å². The van der Waals surface area contributed by atoms with Crippen LogP contribution in [-0.4, -0.2) is 9.78 Å². The Morgan fingerprint density at radius 3 is 2.21 bits per heavy atom. The molecule has 0 saturated heterocycles. The first-order valence-electron chi connectivity index (χ1n) is 6.34. The molecule has 1 aromatic heterocycles. The molecule has 0 aliphatic carbocycles. The van der Waals surface area contributed by atoms with Gasteiger partial charge in [0.2, 0.25) is 0 Å². The van der Waals surface area contributed by atoms with Gasteiger partial charge in [0.05, 0.1) is 11.4 Å². The van der Waals surface area contributed by atoms with Gasteiger partial charge in [-0.3, -0.25) is 0 Å². The van der Waals surface area contributed by atoms with Crippen molar-refractivity contribution in [2.75, 3.05) is 0 Å². The van der Waals surface area contributed by atoms with Gasteiger partial charge in [0.25, 0.3) is 5.92 Å². The van der Waals surface area contributed by atoms with Crippen molar-refractivity contribution in [3.8, 4) is 5.69 Å². The second-order valence-corrected chi connectivity index (χ2v) is 5.21. The first kappa shape index (κ1) is 13.7. The summed E-state index contributed by atoms with van der Waals surface area (Å²) < 4.78 is 28.2. The van der Waals surface area contributed by atoms with Crippen LogP contribution in [0.15, 0.2) is 30.3 Å². The Bertz CT molecular complexity index is 563. The van der Waals surface area contributed by atoms with Crippen molar-refractivity contribution >= 4 is 0 Å². The summed E-state index contributed by atoms with van der Waals surface area (Å²) in [5.74, 6) is -2.48. The van der Waals surface area contributed by atoms with Crippen LogP contribution in [0.4, 0.5) is 8.78 Å². The quantitative estimate of drug-likeness (QED) is 0.802. The molecule has 0 N–H and O–H groups in total. The van der Waals surface area contributed by atoms with Crippen LogP contribution in [0, 0.1) is 6.92 Å². The van der Waals surface area contributed by atoms with Gasteiger partial charge in [-0.1, -0.05) is 26.0 Å². The van der Waals surface area contributed by atoms with Crippen LogP contribution in [0.5, 0.6) is 0 Å². The van der Waals surface area contributed by atoms with E-state index in [0.717, 1.165) is 24.0 Å². The third kappa shape index (κ3) is 2.83. The van der Waals surface area contributed by atoms with E-state index < -0.39 is 5.92 Å². The van der Waals surface area contributed by atoms with Crippen LogP contribution in [0.3, 0.4) is 0 Å². The summed E-state index contributed by atoms with van der Waals surface area (Å²) in [6.45, 7) is 7.00. The van der Waals surface area contributed by atoms with E-state index in [2.05, 4.69) is 18.9 Å². The maximum absolute atomic E-state index is 13.2. The van der Waals surface area contributed by atoms with Gasteiger partial charge < -0.3 is 0 Å². The smallest absolute Gasteiger partial charge is 0.237 e. The Balaban J connectivity index is 2.43. The Labute approximate surface area is 112 Å². The molecular formula is C15H18F2N2. The molecule has 0 aliphatic rings. The molecule has 0 unspecified atom stereocenters. The van der Waals surface area contributed by atoms with Crippen LogP contribution in [0.2, 0.25) is 0 Å². The molecule has 0 radical (unpaired) electrons. The molecule has 0 fully saturated rings. The highest BCUT2D eigenvalue weighted by atomic mass is 19.3. The number of benzene rings is 1. The second-order valence-electron chi connectivity index (χ2n) is 5.21. The van der Waals surface area contributed by atoms with E-state index in [1.807, 2.05) is 17.7 Å². The third-order valence-corrected chi connectivity index (χ3v) is 3.07. The summed E-state index contributed by atoms with van der Waals surface area (Å²) in [6.07, 6.45) is 0. The average molecular weight is 264 g/mol. The number of nitrogens with zero attached hydrogens (tertiary/aromatic N) is 2. The third-order valence-electron chi connectivity index (χ3n) is 3.07. The highest BCUT2D eigenvalue weighted by Gasteiger charge is 2.24. The summed E-state index contributed by atoms with van der Waals surface area (Å²) >= 11 is 0. The number of rotatable bonds is 3. The summed E-state index contributed by atoms with van der Waals surface area (Å²) in [4.78, 5) is 0. The monoisotopic (exact) mass is 264 g/mol. The topological polar surface area (TPSA) is 17.8 Å². The van der Waals surface area contributed by atoms with Crippen LogP contribution >= 0.6 is 0 Å². The zero-order valence-corrected chi connectivity index (χ0v) is 11.6. The number of halogens is 2. The fourth-order valence-corrected chi connectivity index (χ4v) is 2.03. The van der Waals surface area contributed by atoms with Gasteiger partial charge in [-0.2, -0.15) is 5.10 Å². The minimum Gasteiger partial charge on any atom is -0.237 e. The largest absolute Gasteiger partial charge is 0.270 e. The van der Waals surface area contributed by atoms with Crippen LogP contribution in [0.25, 0.3) is 5.69 Å². The highest BCUT2D eigenvalue weighted by molar-refractivity contribution is 5.37. The van der Waals surface area contributed by atoms with Gasteiger partial charge in [0, 0.05) is 18.2 Å². The molecule has 0 atom stereocenters. The maximum atomic E-state index is 13.2. The lowest BCUT2D eigenvalue weighted by Gasteiger charge is -2.13. The number of alkyl halides is 2. The van der Waals surface area contributed by atoms with E-state index >= 15 is 0 Å². The van der Waals surface area contributed by atoms with Crippen LogP contribution < -0.4 is 0 Å². The van der Waals surface area contributed by atoms with Gasteiger partial charge in [-0.25, -0.2) is 13.5 Å². The average Bonchev–Trinajstić information content (AvgIpc) is 2.70. The molecule has 2 aromatic rings. The van der Waals surface area contributed by atoms with Crippen molar-refractivity contribution in [3.05, 3.63) is 47.3 Å². The molecule has 2 nitrogen and oxygen atoms in total. The molecule has 102 valence electrons. The summed E-state index contributed by atoms with van der Waals surface area (Å²) in [5.41, 5.74) is 2.83. The van der Waals surface area contributed by atoms with Crippen molar-refractivity contribution < 1.29 is 8.78 Å². The van der Waals surface area contributed by atoms with Gasteiger partial charge >= 0.3 is 0 Å². The van der Waals surface area contributed by atoms with Crippen molar-refractivity contribution in [2.45, 2.75) is 39.5 Å².